The van der Waals surface area contributed by atoms with E-state index in [4.69, 9.17) is 4.42 Å². The van der Waals surface area contributed by atoms with Crippen LogP contribution >= 0.6 is 0 Å². The molecule has 0 spiro atoms. The molecule has 3 rings (SSSR count). The summed E-state index contributed by atoms with van der Waals surface area (Å²) in [4.78, 5) is 14.8. The highest BCUT2D eigenvalue weighted by molar-refractivity contribution is 5.75. The van der Waals surface area contributed by atoms with E-state index in [-0.39, 0.29) is 12.1 Å². The summed E-state index contributed by atoms with van der Waals surface area (Å²) < 4.78 is 5.38. The molecular weight excluding hydrogens is 264 g/mol. The Kier molecular flexibility index (Phi) is 4.51. The summed E-state index contributed by atoms with van der Waals surface area (Å²) in [6.45, 7) is 2.91. The number of hydrogen-bond donors (Lipinski definition) is 1. The van der Waals surface area contributed by atoms with Crippen LogP contribution in [0.2, 0.25) is 0 Å². The molecule has 2 amide bonds. The predicted octanol–water partition coefficient (Wildman–Crippen LogP) is 4.09. The summed E-state index contributed by atoms with van der Waals surface area (Å²) in [5.41, 5.74) is 0. The number of nitrogens with one attached hydrogen (secondary N) is 1. The minimum absolute atomic E-state index is 0.0715. The molecule has 0 radical (unpaired) electrons. The molecule has 1 aromatic rings. The molecule has 0 saturated heterocycles. The monoisotopic (exact) mass is 290 g/mol. The normalized spacial score (nSPS) is 21.0. The van der Waals surface area contributed by atoms with Gasteiger partial charge in [-0.05, 0) is 50.7 Å². The molecule has 1 heterocycles. The van der Waals surface area contributed by atoms with E-state index in [9.17, 15) is 4.79 Å². The molecule has 2 fully saturated rings. The Morgan fingerprint density at radius 2 is 2.10 bits per heavy atom. The van der Waals surface area contributed by atoms with E-state index in [1.165, 1.54) is 32.1 Å². The topological polar surface area (TPSA) is 45.5 Å². The van der Waals surface area contributed by atoms with Crippen molar-refractivity contribution in [3.05, 3.63) is 24.2 Å². The fraction of sp³-hybridized carbons (Fsp3) is 0.706. The lowest BCUT2D eigenvalue weighted by Gasteiger charge is -2.35. The Morgan fingerprint density at radius 3 is 2.71 bits per heavy atom. The molecule has 4 heteroatoms. The van der Waals surface area contributed by atoms with Crippen molar-refractivity contribution in [2.24, 2.45) is 5.92 Å². The molecule has 2 aliphatic carbocycles. The largest absolute Gasteiger partial charge is 0.467 e. The van der Waals surface area contributed by atoms with Crippen molar-refractivity contribution < 1.29 is 9.21 Å². The van der Waals surface area contributed by atoms with Gasteiger partial charge in [0.2, 0.25) is 0 Å². The van der Waals surface area contributed by atoms with Gasteiger partial charge in [-0.15, -0.1) is 0 Å². The van der Waals surface area contributed by atoms with Crippen molar-refractivity contribution in [2.45, 2.75) is 64.0 Å². The van der Waals surface area contributed by atoms with E-state index in [1.807, 2.05) is 19.1 Å². The highest BCUT2D eigenvalue weighted by Gasteiger charge is 2.32. The maximum absolute atomic E-state index is 12.7. The van der Waals surface area contributed by atoms with Crippen molar-refractivity contribution in [2.75, 3.05) is 6.54 Å². The number of carbonyl (C=O) groups excluding carboxylic acids is 1. The number of hydrogen-bond acceptors (Lipinski definition) is 2. The Bertz CT molecular complexity index is 447. The Labute approximate surface area is 126 Å². The lowest BCUT2D eigenvalue weighted by atomic mass is 9.94. The first-order chi connectivity index (χ1) is 10.2. The third-order valence-corrected chi connectivity index (χ3v) is 4.74. The Balaban J connectivity index is 1.62. The molecular formula is C17H26N2O2. The molecule has 116 valence electrons. The van der Waals surface area contributed by atoms with E-state index < -0.39 is 0 Å². The van der Waals surface area contributed by atoms with E-state index in [1.54, 1.807) is 6.26 Å². The first-order valence-corrected chi connectivity index (χ1v) is 8.34. The van der Waals surface area contributed by atoms with Crippen LogP contribution in [0.1, 0.15) is 63.7 Å². The summed E-state index contributed by atoms with van der Waals surface area (Å²) >= 11 is 0. The van der Waals surface area contributed by atoms with E-state index in [2.05, 4.69) is 10.2 Å². The van der Waals surface area contributed by atoms with Crippen LogP contribution in [0.3, 0.4) is 0 Å². The molecule has 1 aromatic heterocycles. The molecule has 0 aliphatic heterocycles. The highest BCUT2D eigenvalue weighted by Crippen LogP contribution is 2.32. The molecule has 1 unspecified atom stereocenters. The zero-order valence-corrected chi connectivity index (χ0v) is 12.9. The van der Waals surface area contributed by atoms with E-state index in [0.717, 1.165) is 31.1 Å². The van der Waals surface area contributed by atoms with Gasteiger partial charge in [-0.2, -0.15) is 0 Å². The van der Waals surface area contributed by atoms with Crippen LogP contribution in [0, 0.1) is 5.92 Å². The summed E-state index contributed by atoms with van der Waals surface area (Å²) in [7, 11) is 0. The van der Waals surface area contributed by atoms with E-state index >= 15 is 0 Å². The van der Waals surface area contributed by atoms with Gasteiger partial charge in [0.1, 0.15) is 5.76 Å². The van der Waals surface area contributed by atoms with Crippen LogP contribution in [-0.4, -0.2) is 23.5 Å². The van der Waals surface area contributed by atoms with Crippen molar-refractivity contribution >= 4 is 6.03 Å². The highest BCUT2D eigenvalue weighted by atomic mass is 16.3. The Morgan fingerprint density at radius 1 is 1.33 bits per heavy atom. The van der Waals surface area contributed by atoms with Crippen LogP contribution in [0.15, 0.2) is 22.8 Å². The number of furan rings is 1. The van der Waals surface area contributed by atoms with Crippen molar-refractivity contribution in [3.8, 4) is 0 Å². The summed E-state index contributed by atoms with van der Waals surface area (Å²) in [6.07, 6.45) is 10.4. The van der Waals surface area contributed by atoms with Gasteiger partial charge in [0, 0.05) is 12.6 Å². The average molecular weight is 290 g/mol. The van der Waals surface area contributed by atoms with Crippen molar-refractivity contribution in [1.82, 2.24) is 10.2 Å². The SMILES string of the molecule is CC(NC(=O)N(CC1CC1)C1CCCCC1)c1ccco1. The minimum atomic E-state index is -0.0715. The van der Waals surface area contributed by atoms with Gasteiger partial charge in [0.05, 0.1) is 12.3 Å². The Hall–Kier alpha value is -1.45. The fourth-order valence-corrected chi connectivity index (χ4v) is 3.25. The first-order valence-electron chi connectivity index (χ1n) is 8.34. The van der Waals surface area contributed by atoms with Gasteiger partial charge in [-0.1, -0.05) is 19.3 Å². The van der Waals surface area contributed by atoms with Gasteiger partial charge >= 0.3 is 6.03 Å². The number of amides is 2. The summed E-state index contributed by atoms with van der Waals surface area (Å²) in [5, 5.41) is 3.11. The summed E-state index contributed by atoms with van der Waals surface area (Å²) in [5.74, 6) is 1.55. The second-order valence-electron chi connectivity index (χ2n) is 6.57. The maximum atomic E-state index is 12.7. The average Bonchev–Trinajstić information content (AvgIpc) is 3.15. The van der Waals surface area contributed by atoms with Gasteiger partial charge in [0.15, 0.2) is 0 Å². The lowest BCUT2D eigenvalue weighted by molar-refractivity contribution is 0.148. The molecule has 0 bridgehead atoms. The quantitative estimate of drug-likeness (QED) is 0.887. The third-order valence-electron chi connectivity index (χ3n) is 4.74. The van der Waals surface area contributed by atoms with E-state index in [0.29, 0.717) is 6.04 Å². The zero-order valence-electron chi connectivity index (χ0n) is 12.9. The standard InChI is InChI=1S/C17H26N2O2/c1-13(16-8-5-11-21-16)18-17(20)19(12-14-9-10-14)15-6-3-2-4-7-15/h5,8,11,13-15H,2-4,6-7,9-10,12H2,1H3,(H,18,20). The van der Waals surface area contributed by atoms with Gasteiger partial charge in [-0.3, -0.25) is 0 Å². The maximum Gasteiger partial charge on any atom is 0.318 e. The first kappa shape index (κ1) is 14.5. The molecule has 4 nitrogen and oxygen atoms in total. The molecule has 1 N–H and O–H groups in total. The zero-order chi connectivity index (χ0) is 14.7. The van der Waals surface area contributed by atoms with Gasteiger partial charge in [-0.25, -0.2) is 4.79 Å². The molecule has 2 aliphatic rings. The molecule has 2 saturated carbocycles. The minimum Gasteiger partial charge on any atom is -0.467 e. The van der Waals surface area contributed by atoms with Crippen LogP contribution in [0.5, 0.6) is 0 Å². The predicted molar refractivity (Wildman–Crippen MR) is 82.0 cm³/mol. The summed E-state index contributed by atoms with van der Waals surface area (Å²) in [6, 6.07) is 4.22. The smallest absolute Gasteiger partial charge is 0.318 e. The van der Waals surface area contributed by atoms with Crippen LogP contribution in [0.4, 0.5) is 4.79 Å². The number of rotatable bonds is 5. The van der Waals surface area contributed by atoms with Gasteiger partial charge < -0.3 is 14.6 Å². The van der Waals surface area contributed by atoms with Crippen molar-refractivity contribution in [3.63, 3.8) is 0 Å². The number of urea groups is 1. The number of carbonyl (C=O) groups is 1. The molecule has 1 atom stereocenters. The van der Waals surface area contributed by atoms with Gasteiger partial charge in [0.25, 0.3) is 0 Å². The van der Waals surface area contributed by atoms with Crippen LogP contribution in [0.25, 0.3) is 0 Å². The lowest BCUT2D eigenvalue weighted by Crippen LogP contribution is -2.48. The molecule has 21 heavy (non-hydrogen) atoms. The van der Waals surface area contributed by atoms with Crippen LogP contribution < -0.4 is 5.32 Å². The molecule has 0 aromatic carbocycles. The second-order valence-corrected chi connectivity index (χ2v) is 6.57. The third kappa shape index (κ3) is 3.80. The van der Waals surface area contributed by atoms with Crippen LogP contribution in [-0.2, 0) is 0 Å². The second kappa shape index (κ2) is 6.54. The fourth-order valence-electron chi connectivity index (χ4n) is 3.25. The number of nitrogens with zero attached hydrogens (tertiary/aromatic N) is 1. The van der Waals surface area contributed by atoms with Crippen molar-refractivity contribution in [1.29, 1.82) is 0 Å².